The second-order valence-electron chi connectivity index (χ2n) is 12.0. The lowest BCUT2D eigenvalue weighted by atomic mass is 9.95. The quantitative estimate of drug-likeness (QED) is 0.337. The SMILES string of the molecule is C[C@@H]1CN2c3c4c(nc5c(F)c(Br)c(Cl)cc35)O[C@H](CN3CCCC3)CN4C(=C=O)[C@H]2CN1C(=O)OC(C)(C)C. The Morgan fingerprint density at radius 3 is 2.65 bits per heavy atom. The molecule has 5 heterocycles. The summed E-state index contributed by atoms with van der Waals surface area (Å²) in [4.78, 5) is 38.4. The van der Waals surface area contributed by atoms with Gasteiger partial charge in [-0.1, -0.05) is 11.6 Å². The van der Waals surface area contributed by atoms with Crippen LogP contribution in [0.5, 0.6) is 5.88 Å². The first kappa shape index (κ1) is 27.6. The van der Waals surface area contributed by atoms with Gasteiger partial charge in [-0.15, -0.1) is 0 Å². The van der Waals surface area contributed by atoms with Gasteiger partial charge >= 0.3 is 6.09 Å². The zero-order valence-corrected chi connectivity index (χ0v) is 25.3. The summed E-state index contributed by atoms with van der Waals surface area (Å²) >= 11 is 9.70. The maximum Gasteiger partial charge on any atom is 0.410 e. The molecule has 3 atom stereocenters. The summed E-state index contributed by atoms with van der Waals surface area (Å²) in [6, 6.07) is 0.912. The maximum absolute atomic E-state index is 15.6. The molecule has 2 saturated heterocycles. The Balaban J connectivity index is 1.50. The minimum Gasteiger partial charge on any atom is -0.470 e. The molecule has 0 aliphatic carbocycles. The van der Waals surface area contributed by atoms with Crippen LogP contribution < -0.4 is 14.5 Å². The molecule has 1 aromatic carbocycles. The predicted octanol–water partition coefficient (Wildman–Crippen LogP) is 5.00. The predicted molar refractivity (Wildman–Crippen MR) is 155 cm³/mol. The van der Waals surface area contributed by atoms with Crippen molar-refractivity contribution in [3.05, 3.63) is 27.1 Å². The Morgan fingerprint density at radius 2 is 1.98 bits per heavy atom. The van der Waals surface area contributed by atoms with E-state index in [-0.39, 0.29) is 39.6 Å². The molecule has 40 heavy (non-hydrogen) atoms. The van der Waals surface area contributed by atoms with Crippen molar-refractivity contribution in [2.75, 3.05) is 49.1 Å². The molecular weight excluding hydrogens is 605 g/mol. The van der Waals surface area contributed by atoms with Gasteiger partial charge in [0, 0.05) is 24.5 Å². The van der Waals surface area contributed by atoms with Crippen LogP contribution in [0.25, 0.3) is 10.9 Å². The highest BCUT2D eigenvalue weighted by molar-refractivity contribution is 9.10. The van der Waals surface area contributed by atoms with Crippen molar-refractivity contribution in [1.82, 2.24) is 14.8 Å². The van der Waals surface area contributed by atoms with E-state index in [2.05, 4.69) is 31.8 Å². The van der Waals surface area contributed by atoms with E-state index < -0.39 is 23.6 Å². The average Bonchev–Trinajstić information content (AvgIpc) is 3.39. The summed E-state index contributed by atoms with van der Waals surface area (Å²) in [5, 5.41) is 0.732. The van der Waals surface area contributed by atoms with E-state index in [1.54, 1.807) is 11.0 Å². The van der Waals surface area contributed by atoms with Gasteiger partial charge in [-0.25, -0.2) is 19.0 Å². The molecular formula is C28H32BrClFN5O4. The van der Waals surface area contributed by atoms with E-state index in [4.69, 9.17) is 21.1 Å². The highest BCUT2D eigenvalue weighted by atomic mass is 79.9. The van der Waals surface area contributed by atoms with Crippen molar-refractivity contribution in [3.63, 3.8) is 0 Å². The van der Waals surface area contributed by atoms with E-state index in [0.29, 0.717) is 42.1 Å². The van der Waals surface area contributed by atoms with E-state index in [9.17, 15) is 9.59 Å². The number of hydrogen-bond acceptors (Lipinski definition) is 8. The van der Waals surface area contributed by atoms with E-state index >= 15 is 4.39 Å². The minimum atomic E-state index is -0.665. The van der Waals surface area contributed by atoms with Gasteiger partial charge in [0.05, 0.1) is 34.3 Å². The summed E-state index contributed by atoms with van der Waals surface area (Å²) in [5.74, 6) is 1.89. The third kappa shape index (κ3) is 4.61. The van der Waals surface area contributed by atoms with Crippen LogP contribution in [-0.4, -0.2) is 89.9 Å². The van der Waals surface area contributed by atoms with E-state index in [1.807, 2.05) is 37.5 Å². The van der Waals surface area contributed by atoms with Crippen LogP contribution >= 0.6 is 27.5 Å². The maximum atomic E-state index is 15.6. The molecule has 0 spiro atoms. The zero-order chi connectivity index (χ0) is 28.5. The molecule has 0 unspecified atom stereocenters. The second-order valence-corrected chi connectivity index (χ2v) is 13.2. The summed E-state index contributed by atoms with van der Waals surface area (Å²) in [7, 11) is 0. The molecule has 2 fully saturated rings. The third-order valence-electron chi connectivity index (χ3n) is 7.99. The number of halogens is 3. The minimum absolute atomic E-state index is 0.131. The number of likely N-dealkylation sites (tertiary alicyclic amines) is 1. The highest BCUT2D eigenvalue weighted by Gasteiger charge is 2.48. The lowest BCUT2D eigenvalue weighted by molar-refractivity contribution is 0.0133. The number of hydrogen-bond donors (Lipinski definition) is 0. The number of fused-ring (bicyclic) bond motifs is 4. The number of nitrogens with zero attached hydrogens (tertiary/aromatic N) is 5. The molecule has 0 radical (unpaired) electrons. The lowest BCUT2D eigenvalue weighted by Gasteiger charge is -2.53. The smallest absolute Gasteiger partial charge is 0.410 e. The molecule has 12 heteroatoms. The standard InChI is InChI=1S/C28H32BrClFN5O4/c1-15-10-35-19(13-34(15)27(38)40-28(2,3)4)20(14-37)36-12-16(11-33-7-5-6-8-33)39-26-25(36)24(35)17-9-18(30)21(29)22(31)23(17)32-26/h9,15-16,19H,5-8,10-13H2,1-4H3/t15-,16-,19-/m1/s1. The topological polar surface area (TPSA) is 78.5 Å². The van der Waals surface area contributed by atoms with Gasteiger partial charge in [0.25, 0.3) is 0 Å². The molecule has 214 valence electrons. The Bertz CT molecular complexity index is 1440. The fourth-order valence-electron chi connectivity index (χ4n) is 6.27. The summed E-state index contributed by atoms with van der Waals surface area (Å²) in [6.07, 6.45) is 1.54. The molecule has 6 rings (SSSR count). The number of benzene rings is 1. The van der Waals surface area contributed by atoms with Crippen molar-refractivity contribution in [1.29, 1.82) is 0 Å². The molecule has 4 aliphatic heterocycles. The van der Waals surface area contributed by atoms with Gasteiger partial charge in [0.15, 0.2) is 5.82 Å². The number of piperazine rings is 1. The third-order valence-corrected chi connectivity index (χ3v) is 9.29. The number of anilines is 2. The molecule has 0 saturated carbocycles. The molecule has 1 aromatic heterocycles. The Labute approximate surface area is 245 Å². The molecule has 9 nitrogen and oxygen atoms in total. The van der Waals surface area contributed by atoms with Gasteiger partial charge in [0.1, 0.15) is 34.5 Å². The number of pyridine rings is 1. The second kappa shape index (κ2) is 10.0. The van der Waals surface area contributed by atoms with Crippen LogP contribution in [0.2, 0.25) is 5.02 Å². The van der Waals surface area contributed by atoms with Crippen molar-refractivity contribution in [2.45, 2.75) is 64.3 Å². The van der Waals surface area contributed by atoms with Crippen molar-refractivity contribution < 1.29 is 23.5 Å². The number of carbonyl (C=O) groups is 1. The molecule has 4 aliphatic rings. The van der Waals surface area contributed by atoms with Crippen LogP contribution in [0.4, 0.5) is 20.6 Å². The number of ether oxygens (including phenoxy) is 2. The Hall–Kier alpha value is -2.59. The van der Waals surface area contributed by atoms with Crippen LogP contribution in [0.3, 0.4) is 0 Å². The highest BCUT2D eigenvalue weighted by Crippen LogP contribution is 2.52. The first-order valence-corrected chi connectivity index (χ1v) is 14.8. The Morgan fingerprint density at radius 1 is 1.25 bits per heavy atom. The lowest BCUT2D eigenvalue weighted by Crippen LogP contribution is -2.64. The summed E-state index contributed by atoms with van der Waals surface area (Å²) in [5.41, 5.74) is 1.16. The fourth-order valence-corrected chi connectivity index (χ4v) is 6.76. The molecule has 0 N–H and O–H groups in total. The molecule has 1 amide bonds. The van der Waals surface area contributed by atoms with Crippen LogP contribution in [0.15, 0.2) is 16.2 Å². The number of amides is 1. The van der Waals surface area contributed by atoms with Gasteiger partial charge in [-0.05, 0) is 75.6 Å². The first-order valence-electron chi connectivity index (χ1n) is 13.7. The van der Waals surface area contributed by atoms with E-state index in [1.165, 1.54) is 0 Å². The summed E-state index contributed by atoms with van der Waals surface area (Å²) in [6.45, 7) is 11.0. The number of aromatic nitrogens is 1. The van der Waals surface area contributed by atoms with Gasteiger partial charge in [-0.3, -0.25) is 4.90 Å². The Kier molecular flexibility index (Phi) is 6.93. The van der Waals surface area contributed by atoms with Gasteiger partial charge in [-0.2, -0.15) is 0 Å². The zero-order valence-electron chi connectivity index (χ0n) is 23.0. The van der Waals surface area contributed by atoms with E-state index in [0.717, 1.165) is 25.9 Å². The van der Waals surface area contributed by atoms with Gasteiger partial charge in [0.2, 0.25) is 5.88 Å². The van der Waals surface area contributed by atoms with Crippen LogP contribution in [0.1, 0.15) is 40.5 Å². The van der Waals surface area contributed by atoms with Gasteiger partial charge < -0.3 is 24.2 Å². The summed E-state index contributed by atoms with van der Waals surface area (Å²) < 4.78 is 27.9. The van der Waals surface area contributed by atoms with Crippen molar-refractivity contribution in [2.24, 2.45) is 0 Å². The largest absolute Gasteiger partial charge is 0.470 e. The normalized spacial score (nSPS) is 24.5. The number of carbonyl (C=O) groups excluding carboxylic acids is 2. The van der Waals surface area contributed by atoms with Crippen LogP contribution in [-0.2, 0) is 9.53 Å². The van der Waals surface area contributed by atoms with Crippen molar-refractivity contribution >= 4 is 61.8 Å². The van der Waals surface area contributed by atoms with Crippen LogP contribution in [0, 0.1) is 5.82 Å². The fraction of sp³-hybridized carbons (Fsp3) is 0.571. The molecule has 2 aromatic rings. The average molecular weight is 637 g/mol. The number of rotatable bonds is 2. The van der Waals surface area contributed by atoms with Crippen molar-refractivity contribution in [3.8, 4) is 5.88 Å². The first-order chi connectivity index (χ1) is 19.0. The molecule has 0 bridgehead atoms. The monoisotopic (exact) mass is 635 g/mol.